The minimum Gasteiger partial charge on any atom is -0.465 e. The summed E-state index contributed by atoms with van der Waals surface area (Å²) >= 11 is 1.24. The van der Waals surface area contributed by atoms with E-state index < -0.39 is 10.8 Å². The first kappa shape index (κ1) is 23.8. The van der Waals surface area contributed by atoms with Crippen LogP contribution >= 0.6 is 11.3 Å². The van der Waals surface area contributed by atoms with Crippen LogP contribution < -0.4 is 5.43 Å². The molecule has 0 aliphatic carbocycles. The van der Waals surface area contributed by atoms with Gasteiger partial charge in [0.15, 0.2) is 0 Å². The number of rotatable bonds is 6. The second-order valence-electron chi connectivity index (χ2n) is 7.94. The van der Waals surface area contributed by atoms with Crippen LogP contribution in [-0.4, -0.2) is 34.7 Å². The van der Waals surface area contributed by atoms with Crippen LogP contribution in [0.15, 0.2) is 53.6 Å². The summed E-state index contributed by atoms with van der Waals surface area (Å²) in [6.07, 6.45) is 1.58. The van der Waals surface area contributed by atoms with Crippen molar-refractivity contribution < 1.29 is 19.2 Å². The summed E-state index contributed by atoms with van der Waals surface area (Å²) in [5.74, 6) is -0.783. The van der Waals surface area contributed by atoms with Gasteiger partial charge in [0.25, 0.3) is 11.6 Å². The second kappa shape index (κ2) is 9.51. The normalized spacial score (nSPS) is 11.2. The summed E-state index contributed by atoms with van der Waals surface area (Å²) in [6.45, 7) is 5.84. The van der Waals surface area contributed by atoms with Crippen molar-refractivity contribution in [2.75, 3.05) is 7.11 Å². The largest absolute Gasteiger partial charge is 0.465 e. The van der Waals surface area contributed by atoms with Crippen LogP contribution in [0.5, 0.6) is 0 Å². The predicted molar refractivity (Wildman–Crippen MR) is 135 cm³/mol. The van der Waals surface area contributed by atoms with Gasteiger partial charge in [-0.3, -0.25) is 14.9 Å². The lowest BCUT2D eigenvalue weighted by Gasteiger charge is -2.13. The van der Waals surface area contributed by atoms with Crippen LogP contribution in [0, 0.1) is 30.9 Å². The number of hydrazone groups is 1. The number of hydrogen-bond donors (Lipinski definition) is 1. The van der Waals surface area contributed by atoms with Gasteiger partial charge in [0.05, 0.1) is 28.7 Å². The molecule has 4 aromatic rings. The molecule has 2 aromatic heterocycles. The number of fused-ring (bicyclic) bond motifs is 1. The number of aryl methyl sites for hydroxylation is 2. The van der Waals surface area contributed by atoms with Crippen LogP contribution in [0.25, 0.3) is 15.8 Å². The number of benzene rings is 2. The quantitative estimate of drug-likeness (QED) is 0.175. The highest BCUT2D eigenvalue weighted by Crippen LogP contribution is 2.29. The van der Waals surface area contributed by atoms with Crippen LogP contribution in [-0.2, 0) is 4.74 Å². The molecule has 10 heteroatoms. The van der Waals surface area contributed by atoms with Gasteiger partial charge in [-0.25, -0.2) is 10.2 Å². The average molecular weight is 491 g/mol. The van der Waals surface area contributed by atoms with Crippen molar-refractivity contribution in [1.29, 1.82) is 0 Å². The molecule has 9 nitrogen and oxygen atoms in total. The number of hydrogen-bond acceptors (Lipinski definition) is 7. The van der Waals surface area contributed by atoms with Crippen LogP contribution in [0.1, 0.15) is 42.5 Å². The zero-order chi connectivity index (χ0) is 25.3. The molecule has 1 N–H and O–H groups in total. The van der Waals surface area contributed by atoms with Gasteiger partial charge in [0.2, 0.25) is 0 Å². The first-order valence-corrected chi connectivity index (χ1v) is 11.4. The Morgan fingerprint density at radius 3 is 2.57 bits per heavy atom. The van der Waals surface area contributed by atoms with E-state index in [4.69, 9.17) is 4.74 Å². The van der Waals surface area contributed by atoms with Gasteiger partial charge in [0.1, 0.15) is 0 Å². The van der Waals surface area contributed by atoms with Gasteiger partial charge in [-0.05, 0) is 62.7 Å². The summed E-state index contributed by atoms with van der Waals surface area (Å²) in [5.41, 5.74) is 7.54. The number of esters is 1. The number of carbonyl (C=O) groups excluding carboxylic acids is 2. The zero-order valence-electron chi connectivity index (χ0n) is 19.5. The van der Waals surface area contributed by atoms with E-state index in [2.05, 4.69) is 15.1 Å². The lowest BCUT2D eigenvalue weighted by atomic mass is 10.1. The molecule has 0 atom stereocenters. The van der Waals surface area contributed by atoms with Crippen LogP contribution in [0.2, 0.25) is 0 Å². The third-order valence-corrected chi connectivity index (χ3v) is 6.75. The van der Waals surface area contributed by atoms with Crippen molar-refractivity contribution in [2.45, 2.75) is 20.8 Å². The molecule has 2 heterocycles. The van der Waals surface area contributed by atoms with Crippen molar-refractivity contribution >= 4 is 45.2 Å². The molecule has 4 rings (SSSR count). The smallest absolute Gasteiger partial charge is 0.337 e. The van der Waals surface area contributed by atoms with Crippen LogP contribution in [0.3, 0.4) is 0 Å². The summed E-state index contributed by atoms with van der Waals surface area (Å²) in [5, 5.41) is 15.7. The highest BCUT2D eigenvalue weighted by Gasteiger charge is 2.15. The van der Waals surface area contributed by atoms with E-state index in [1.165, 1.54) is 30.6 Å². The average Bonchev–Trinajstić information content (AvgIpc) is 3.38. The van der Waals surface area contributed by atoms with E-state index in [0.29, 0.717) is 15.8 Å². The maximum Gasteiger partial charge on any atom is 0.337 e. The lowest BCUT2D eigenvalue weighted by Crippen LogP contribution is -2.16. The molecule has 35 heavy (non-hydrogen) atoms. The van der Waals surface area contributed by atoms with E-state index in [9.17, 15) is 19.7 Å². The van der Waals surface area contributed by atoms with E-state index in [1.54, 1.807) is 30.5 Å². The number of carbonyl (C=O) groups is 2. The topological polar surface area (TPSA) is 116 Å². The van der Waals surface area contributed by atoms with Crippen molar-refractivity contribution in [3.63, 3.8) is 0 Å². The first-order chi connectivity index (χ1) is 16.7. The molecular formula is C25H22N4O5S. The Kier molecular flexibility index (Phi) is 6.48. The molecule has 0 fully saturated rings. The molecule has 0 saturated carbocycles. The maximum atomic E-state index is 12.6. The fourth-order valence-electron chi connectivity index (χ4n) is 3.91. The number of aromatic nitrogens is 1. The van der Waals surface area contributed by atoms with E-state index in [1.807, 2.05) is 32.9 Å². The molecule has 1 amide bonds. The molecule has 0 aliphatic heterocycles. The summed E-state index contributed by atoms with van der Waals surface area (Å²) in [4.78, 5) is 35.3. The van der Waals surface area contributed by atoms with E-state index in [0.717, 1.165) is 32.9 Å². The Hall–Kier alpha value is -4.31. The number of nitro groups is 1. The molecule has 2 aromatic carbocycles. The van der Waals surface area contributed by atoms with Gasteiger partial charge < -0.3 is 9.30 Å². The number of nitrogens with one attached hydrogen (secondary N) is 1. The first-order valence-electron chi connectivity index (χ1n) is 10.6. The molecular weight excluding hydrogens is 468 g/mol. The second-order valence-corrected chi connectivity index (χ2v) is 9.03. The number of nitro benzene ring substituents is 1. The molecule has 0 radical (unpaired) electrons. The van der Waals surface area contributed by atoms with Crippen molar-refractivity contribution in [3.05, 3.63) is 91.6 Å². The molecule has 0 aliphatic rings. The molecule has 0 unspecified atom stereocenters. The van der Waals surface area contributed by atoms with Crippen molar-refractivity contribution in [1.82, 2.24) is 9.99 Å². The SMILES string of the molecule is COC(=O)c1ccc(-n2c(C)cc(/C=N\NC(=O)c3cc4cc([N+](=O)[O-])ccc4s3)c2C)c(C)c1. The Morgan fingerprint density at radius 2 is 1.89 bits per heavy atom. The fourth-order valence-corrected chi connectivity index (χ4v) is 4.84. The molecule has 178 valence electrons. The third-order valence-electron chi connectivity index (χ3n) is 5.63. The van der Waals surface area contributed by atoms with Gasteiger partial charge in [-0.1, -0.05) is 0 Å². The number of amides is 1. The Morgan fingerprint density at radius 1 is 1.11 bits per heavy atom. The van der Waals surface area contributed by atoms with E-state index >= 15 is 0 Å². The van der Waals surface area contributed by atoms with Gasteiger partial charge in [-0.15, -0.1) is 11.3 Å². The number of methoxy groups -OCH3 is 1. The fraction of sp³-hybridized carbons (Fsp3) is 0.160. The van der Waals surface area contributed by atoms with E-state index in [-0.39, 0.29) is 11.7 Å². The summed E-state index contributed by atoms with van der Waals surface area (Å²) in [6, 6.07) is 13.4. The lowest BCUT2D eigenvalue weighted by molar-refractivity contribution is -0.384. The Bertz CT molecular complexity index is 1520. The van der Waals surface area contributed by atoms with Gasteiger partial charge in [-0.2, -0.15) is 5.10 Å². The third kappa shape index (κ3) is 4.69. The molecule has 0 bridgehead atoms. The van der Waals surface area contributed by atoms with Crippen LogP contribution in [0.4, 0.5) is 5.69 Å². The standard InChI is InChI=1S/C25H22N4O5S/c1-14-9-17(25(31)34-4)5-7-21(14)28-15(2)10-19(16(28)3)13-26-27-24(30)23-12-18-11-20(29(32)33)6-8-22(18)35-23/h5-13H,1-4H3,(H,27,30)/b26-13-. The maximum absolute atomic E-state index is 12.6. The Balaban J connectivity index is 1.53. The minimum atomic E-state index is -0.466. The monoisotopic (exact) mass is 490 g/mol. The summed E-state index contributed by atoms with van der Waals surface area (Å²) in [7, 11) is 1.35. The highest BCUT2D eigenvalue weighted by molar-refractivity contribution is 7.20. The number of thiophene rings is 1. The predicted octanol–water partition coefficient (Wildman–Crippen LogP) is 5.08. The van der Waals surface area contributed by atoms with Crippen molar-refractivity contribution in [3.8, 4) is 5.69 Å². The number of nitrogens with zero attached hydrogens (tertiary/aromatic N) is 3. The number of ether oxygens (including phenoxy) is 1. The minimum absolute atomic E-state index is 0.0224. The van der Waals surface area contributed by atoms with Gasteiger partial charge >= 0.3 is 5.97 Å². The highest BCUT2D eigenvalue weighted by atomic mass is 32.1. The molecule has 0 spiro atoms. The summed E-state index contributed by atoms with van der Waals surface area (Å²) < 4.78 is 7.63. The zero-order valence-corrected chi connectivity index (χ0v) is 20.3. The Labute approximate surface area is 204 Å². The van der Waals surface area contributed by atoms with Gasteiger partial charge in [0, 0.05) is 44.9 Å². The number of non-ortho nitro benzene ring substituents is 1. The van der Waals surface area contributed by atoms with Crippen molar-refractivity contribution in [2.24, 2.45) is 5.10 Å². The molecule has 0 saturated heterocycles.